The second kappa shape index (κ2) is 4.08. The van der Waals surface area contributed by atoms with Crippen molar-refractivity contribution in [3.8, 4) is 0 Å². The van der Waals surface area contributed by atoms with Crippen LogP contribution in [0.2, 0.25) is 0 Å². The van der Waals surface area contributed by atoms with Crippen LogP contribution in [0.3, 0.4) is 0 Å². The molecule has 1 heteroatoms. The van der Waals surface area contributed by atoms with E-state index < -0.39 is 4.87 Å². The van der Waals surface area contributed by atoms with Crippen LogP contribution < -0.4 is 0 Å². The molecule has 0 fully saturated rings. The number of rotatable bonds is 2. The number of hydrogen-bond donors (Lipinski definition) is 0. The summed E-state index contributed by atoms with van der Waals surface area (Å²) in [4.78, 5) is -0.391. The van der Waals surface area contributed by atoms with E-state index in [-0.39, 0.29) is 0 Å². The highest BCUT2D eigenvalue weighted by molar-refractivity contribution is 6.27. The lowest BCUT2D eigenvalue weighted by Gasteiger charge is -2.21. The molecule has 0 radical (unpaired) electrons. The van der Waals surface area contributed by atoms with Crippen LogP contribution in [0, 0.1) is 0 Å². The van der Waals surface area contributed by atoms with Crippen molar-refractivity contribution in [2.75, 3.05) is 0 Å². The monoisotopic (exact) mass is 216 g/mol. The number of benzene rings is 1. The van der Waals surface area contributed by atoms with Gasteiger partial charge >= 0.3 is 0 Å². The van der Waals surface area contributed by atoms with Gasteiger partial charge in [0.05, 0.1) is 4.87 Å². The van der Waals surface area contributed by atoms with Crippen LogP contribution in [0.15, 0.2) is 61.2 Å². The Balaban J connectivity index is 2.24. The summed E-state index contributed by atoms with van der Waals surface area (Å²) in [6, 6.07) is 10.3. The van der Waals surface area contributed by atoms with Crippen molar-refractivity contribution in [2.45, 2.75) is 11.3 Å². The summed E-state index contributed by atoms with van der Waals surface area (Å²) in [5.41, 5.74) is 2.46. The fourth-order valence-corrected chi connectivity index (χ4v) is 1.77. The molecule has 0 bridgehead atoms. The number of alkyl halides is 1. The summed E-state index contributed by atoms with van der Waals surface area (Å²) in [5, 5.41) is 0. The molecular formula is C14H13Cl. The summed E-state index contributed by atoms with van der Waals surface area (Å²) in [6.45, 7) is 3.74. The van der Waals surface area contributed by atoms with Gasteiger partial charge in [0.25, 0.3) is 0 Å². The molecule has 1 atom stereocenters. The zero-order chi connectivity index (χ0) is 10.7. The molecule has 1 aliphatic carbocycles. The van der Waals surface area contributed by atoms with Crippen molar-refractivity contribution in [1.82, 2.24) is 0 Å². The van der Waals surface area contributed by atoms with Crippen molar-refractivity contribution < 1.29 is 0 Å². The first-order valence-electron chi connectivity index (χ1n) is 5.01. The molecule has 0 spiro atoms. The van der Waals surface area contributed by atoms with Crippen molar-refractivity contribution in [3.63, 3.8) is 0 Å². The maximum absolute atomic E-state index is 6.26. The Morgan fingerprint density at radius 2 is 2.00 bits per heavy atom. The second-order valence-corrected chi connectivity index (χ2v) is 4.40. The standard InChI is InChI=1S/C14H13Cl/c1-2-14(15)10-8-13(9-11-14)12-6-4-3-5-7-12/h2-10H,1,11H2. The average molecular weight is 217 g/mol. The SMILES string of the molecule is C=CC1(Cl)C=CC(c2ccccc2)=CC1. The molecule has 15 heavy (non-hydrogen) atoms. The molecule has 1 aliphatic rings. The summed E-state index contributed by atoms with van der Waals surface area (Å²) in [6.07, 6.45) is 8.81. The van der Waals surface area contributed by atoms with Gasteiger partial charge in [-0.3, -0.25) is 0 Å². The summed E-state index contributed by atoms with van der Waals surface area (Å²) >= 11 is 6.26. The Hall–Kier alpha value is -1.27. The van der Waals surface area contributed by atoms with Gasteiger partial charge in [-0.25, -0.2) is 0 Å². The van der Waals surface area contributed by atoms with Crippen LogP contribution in [0.5, 0.6) is 0 Å². The van der Waals surface area contributed by atoms with E-state index in [0.717, 1.165) is 6.42 Å². The van der Waals surface area contributed by atoms with Gasteiger partial charge < -0.3 is 0 Å². The minimum Gasteiger partial charge on any atom is -0.110 e. The quantitative estimate of drug-likeness (QED) is 0.514. The minimum atomic E-state index is -0.391. The van der Waals surface area contributed by atoms with Crippen molar-refractivity contribution in [2.24, 2.45) is 0 Å². The van der Waals surface area contributed by atoms with Gasteiger partial charge in [0.2, 0.25) is 0 Å². The van der Waals surface area contributed by atoms with Gasteiger partial charge in [-0.2, -0.15) is 0 Å². The molecule has 0 saturated heterocycles. The highest BCUT2D eigenvalue weighted by Crippen LogP contribution is 2.31. The summed E-state index contributed by atoms with van der Waals surface area (Å²) < 4.78 is 0. The van der Waals surface area contributed by atoms with E-state index in [1.54, 1.807) is 6.08 Å². The number of allylic oxidation sites excluding steroid dienone is 5. The van der Waals surface area contributed by atoms with Crippen LogP contribution >= 0.6 is 11.6 Å². The van der Waals surface area contributed by atoms with Gasteiger partial charge in [-0.05, 0) is 17.6 Å². The lowest BCUT2D eigenvalue weighted by Crippen LogP contribution is -2.15. The van der Waals surface area contributed by atoms with Crippen LogP contribution in [0.25, 0.3) is 5.57 Å². The largest absolute Gasteiger partial charge is 0.110 e. The molecule has 0 N–H and O–H groups in total. The molecular weight excluding hydrogens is 204 g/mol. The predicted octanol–water partition coefficient (Wildman–Crippen LogP) is 4.19. The van der Waals surface area contributed by atoms with Gasteiger partial charge in [0.15, 0.2) is 0 Å². The Morgan fingerprint density at radius 3 is 2.53 bits per heavy atom. The van der Waals surface area contributed by atoms with Crippen LogP contribution in [-0.2, 0) is 0 Å². The Morgan fingerprint density at radius 1 is 1.27 bits per heavy atom. The predicted molar refractivity (Wildman–Crippen MR) is 67.0 cm³/mol. The molecule has 1 aromatic rings. The number of halogens is 1. The van der Waals surface area contributed by atoms with E-state index >= 15 is 0 Å². The normalized spacial score (nSPS) is 24.7. The first-order valence-corrected chi connectivity index (χ1v) is 5.39. The van der Waals surface area contributed by atoms with Crippen molar-refractivity contribution in [1.29, 1.82) is 0 Å². The van der Waals surface area contributed by atoms with Gasteiger partial charge in [0, 0.05) is 0 Å². The summed E-state index contributed by atoms with van der Waals surface area (Å²) in [7, 11) is 0. The highest BCUT2D eigenvalue weighted by atomic mass is 35.5. The molecule has 0 heterocycles. The lowest BCUT2D eigenvalue weighted by molar-refractivity contribution is 0.872. The first kappa shape index (κ1) is 10.3. The molecule has 2 rings (SSSR count). The van der Waals surface area contributed by atoms with Gasteiger partial charge in [0.1, 0.15) is 0 Å². The molecule has 1 aromatic carbocycles. The van der Waals surface area contributed by atoms with E-state index in [1.807, 2.05) is 24.3 Å². The van der Waals surface area contributed by atoms with Crippen LogP contribution in [0.1, 0.15) is 12.0 Å². The second-order valence-electron chi connectivity index (χ2n) is 3.69. The maximum Gasteiger partial charge on any atom is 0.0841 e. The van der Waals surface area contributed by atoms with Gasteiger partial charge in [-0.15, -0.1) is 18.2 Å². The lowest BCUT2D eigenvalue weighted by atomic mass is 9.92. The molecule has 1 unspecified atom stereocenters. The fraction of sp³-hybridized carbons (Fsp3) is 0.143. The Bertz CT molecular complexity index is 414. The molecule has 0 saturated carbocycles. The molecule has 0 aliphatic heterocycles. The highest BCUT2D eigenvalue weighted by Gasteiger charge is 2.21. The maximum atomic E-state index is 6.26. The van der Waals surface area contributed by atoms with Crippen LogP contribution in [0.4, 0.5) is 0 Å². The fourth-order valence-electron chi connectivity index (χ4n) is 1.63. The summed E-state index contributed by atoms with van der Waals surface area (Å²) in [5.74, 6) is 0. The Kier molecular flexibility index (Phi) is 2.79. The minimum absolute atomic E-state index is 0.391. The number of hydrogen-bond acceptors (Lipinski definition) is 0. The van der Waals surface area contributed by atoms with Crippen molar-refractivity contribution in [3.05, 3.63) is 66.8 Å². The molecule has 0 aromatic heterocycles. The molecule has 0 nitrogen and oxygen atoms in total. The third kappa shape index (κ3) is 2.21. The third-order valence-electron chi connectivity index (χ3n) is 2.62. The topological polar surface area (TPSA) is 0 Å². The van der Waals surface area contributed by atoms with Gasteiger partial charge in [-0.1, -0.05) is 54.6 Å². The first-order chi connectivity index (χ1) is 7.23. The average Bonchev–Trinajstić information content (AvgIpc) is 2.31. The Labute approximate surface area is 95.6 Å². The van der Waals surface area contributed by atoms with E-state index in [2.05, 4.69) is 30.9 Å². The molecule has 76 valence electrons. The third-order valence-corrected chi connectivity index (χ3v) is 3.06. The van der Waals surface area contributed by atoms with Crippen molar-refractivity contribution >= 4 is 17.2 Å². The van der Waals surface area contributed by atoms with E-state index in [0.29, 0.717) is 0 Å². The molecule has 0 amide bonds. The zero-order valence-corrected chi connectivity index (χ0v) is 9.24. The van der Waals surface area contributed by atoms with E-state index in [4.69, 9.17) is 11.6 Å². The van der Waals surface area contributed by atoms with E-state index in [9.17, 15) is 0 Å². The van der Waals surface area contributed by atoms with E-state index in [1.165, 1.54) is 11.1 Å². The smallest absolute Gasteiger partial charge is 0.0841 e. The zero-order valence-electron chi connectivity index (χ0n) is 8.49. The van der Waals surface area contributed by atoms with Crippen LogP contribution in [-0.4, -0.2) is 4.87 Å².